The van der Waals surface area contributed by atoms with Crippen LogP contribution in [-0.2, 0) is 6.54 Å². The van der Waals surface area contributed by atoms with Crippen LogP contribution in [0.1, 0.15) is 26.0 Å². The van der Waals surface area contributed by atoms with E-state index in [0.29, 0.717) is 12.1 Å². The average molecular weight is 219 g/mol. The topological polar surface area (TPSA) is 28.2 Å². The fourth-order valence-electron chi connectivity index (χ4n) is 2.24. The minimum absolute atomic E-state index is 0.577. The lowest BCUT2D eigenvalue weighted by Crippen LogP contribution is -2.38. The number of rotatable bonds is 2. The Labute approximate surface area is 97.9 Å². The molecule has 1 aliphatic rings. The lowest BCUT2D eigenvalue weighted by molar-refractivity contribution is 0.196. The first-order valence-corrected chi connectivity index (χ1v) is 6.13. The van der Waals surface area contributed by atoms with Crippen molar-refractivity contribution in [3.63, 3.8) is 0 Å². The second-order valence-corrected chi connectivity index (χ2v) is 4.74. The monoisotopic (exact) mass is 219 g/mol. The largest absolute Gasteiger partial charge is 0.313 e. The number of nitrogens with one attached hydrogen (secondary N) is 1. The van der Waals surface area contributed by atoms with Crippen molar-refractivity contribution < 1.29 is 0 Å². The summed E-state index contributed by atoms with van der Waals surface area (Å²) in [6.45, 7) is 7.76. The molecule has 0 bridgehead atoms. The first-order valence-electron chi connectivity index (χ1n) is 6.13. The maximum absolute atomic E-state index is 4.40. The van der Waals surface area contributed by atoms with Gasteiger partial charge in [-0.3, -0.25) is 9.88 Å². The number of aromatic nitrogens is 1. The predicted octanol–water partition coefficient (Wildman–Crippen LogP) is 1.65. The molecule has 2 atom stereocenters. The molecule has 1 fully saturated rings. The summed E-state index contributed by atoms with van der Waals surface area (Å²) >= 11 is 0. The molecule has 1 aromatic rings. The van der Waals surface area contributed by atoms with Gasteiger partial charge in [-0.2, -0.15) is 0 Å². The maximum atomic E-state index is 4.40. The summed E-state index contributed by atoms with van der Waals surface area (Å²) < 4.78 is 0. The van der Waals surface area contributed by atoms with Gasteiger partial charge in [0.05, 0.1) is 5.69 Å². The first kappa shape index (κ1) is 11.6. The Kier molecular flexibility index (Phi) is 3.91. The molecule has 1 N–H and O–H groups in total. The Hall–Kier alpha value is -0.930. The van der Waals surface area contributed by atoms with Crippen molar-refractivity contribution in [2.45, 2.75) is 38.9 Å². The van der Waals surface area contributed by atoms with Crippen LogP contribution in [0.4, 0.5) is 0 Å². The fourth-order valence-corrected chi connectivity index (χ4v) is 2.24. The first-order chi connectivity index (χ1) is 7.75. The van der Waals surface area contributed by atoms with Gasteiger partial charge in [-0.15, -0.1) is 0 Å². The molecular weight excluding hydrogens is 198 g/mol. The Morgan fingerprint density at radius 2 is 2.31 bits per heavy atom. The summed E-state index contributed by atoms with van der Waals surface area (Å²) in [7, 11) is 0. The summed E-state index contributed by atoms with van der Waals surface area (Å²) in [6.07, 6.45) is 3.09. The smallest absolute Gasteiger partial charge is 0.0544 e. The van der Waals surface area contributed by atoms with Gasteiger partial charge in [-0.25, -0.2) is 0 Å². The number of hydrogen-bond donors (Lipinski definition) is 1. The van der Waals surface area contributed by atoms with E-state index in [1.807, 2.05) is 12.3 Å². The van der Waals surface area contributed by atoms with E-state index in [4.69, 9.17) is 0 Å². The molecule has 88 valence electrons. The van der Waals surface area contributed by atoms with Crippen LogP contribution >= 0.6 is 0 Å². The molecule has 0 aromatic carbocycles. The zero-order valence-corrected chi connectivity index (χ0v) is 10.2. The van der Waals surface area contributed by atoms with Crippen LogP contribution in [0, 0.1) is 0 Å². The molecule has 0 saturated carbocycles. The van der Waals surface area contributed by atoms with E-state index >= 15 is 0 Å². The van der Waals surface area contributed by atoms with Gasteiger partial charge in [0.15, 0.2) is 0 Å². The molecule has 0 amide bonds. The summed E-state index contributed by atoms with van der Waals surface area (Å²) in [6, 6.07) is 7.36. The number of hydrogen-bond acceptors (Lipinski definition) is 3. The van der Waals surface area contributed by atoms with Crippen LogP contribution in [-0.4, -0.2) is 35.1 Å². The lowest BCUT2D eigenvalue weighted by Gasteiger charge is -2.27. The highest BCUT2D eigenvalue weighted by Gasteiger charge is 2.20. The molecule has 0 radical (unpaired) electrons. The third kappa shape index (κ3) is 3.03. The van der Waals surface area contributed by atoms with Crippen LogP contribution in [0.25, 0.3) is 0 Å². The van der Waals surface area contributed by atoms with E-state index in [-0.39, 0.29) is 0 Å². The average Bonchev–Trinajstić information content (AvgIpc) is 2.43. The molecule has 2 unspecified atom stereocenters. The van der Waals surface area contributed by atoms with Gasteiger partial charge in [0.25, 0.3) is 0 Å². The summed E-state index contributed by atoms with van der Waals surface area (Å²) in [5.41, 5.74) is 1.17. The molecule has 0 spiro atoms. The van der Waals surface area contributed by atoms with Crippen LogP contribution < -0.4 is 5.32 Å². The van der Waals surface area contributed by atoms with E-state index in [1.54, 1.807) is 0 Å². The van der Waals surface area contributed by atoms with Crippen LogP contribution in [0.2, 0.25) is 0 Å². The van der Waals surface area contributed by atoms with Gasteiger partial charge < -0.3 is 5.32 Å². The van der Waals surface area contributed by atoms with Gasteiger partial charge in [0.1, 0.15) is 0 Å². The van der Waals surface area contributed by atoms with E-state index < -0.39 is 0 Å². The standard InChI is InChI=1S/C13H21N3/c1-11-9-16(12(2)6-8-14-11)10-13-5-3-4-7-15-13/h3-5,7,11-12,14H,6,8-10H2,1-2H3. The molecule has 2 heterocycles. The second kappa shape index (κ2) is 5.41. The third-order valence-corrected chi connectivity index (χ3v) is 3.28. The van der Waals surface area contributed by atoms with Gasteiger partial charge in [0.2, 0.25) is 0 Å². The quantitative estimate of drug-likeness (QED) is 0.820. The van der Waals surface area contributed by atoms with Gasteiger partial charge in [0, 0.05) is 31.4 Å². The minimum atomic E-state index is 0.577. The minimum Gasteiger partial charge on any atom is -0.313 e. The summed E-state index contributed by atoms with van der Waals surface area (Å²) in [5.74, 6) is 0. The van der Waals surface area contributed by atoms with Gasteiger partial charge in [-0.1, -0.05) is 6.07 Å². The highest BCUT2D eigenvalue weighted by molar-refractivity contribution is 5.03. The molecule has 0 aliphatic carbocycles. The Balaban J connectivity index is 2.01. The molecule has 1 aliphatic heterocycles. The molecule has 2 rings (SSSR count). The third-order valence-electron chi connectivity index (χ3n) is 3.28. The van der Waals surface area contributed by atoms with E-state index in [9.17, 15) is 0 Å². The van der Waals surface area contributed by atoms with E-state index in [2.05, 4.69) is 41.2 Å². The zero-order chi connectivity index (χ0) is 11.4. The summed E-state index contributed by atoms with van der Waals surface area (Å²) in [5, 5.41) is 3.53. The van der Waals surface area contributed by atoms with Crippen LogP contribution in [0.3, 0.4) is 0 Å². The highest BCUT2D eigenvalue weighted by atomic mass is 15.2. The van der Waals surface area contributed by atoms with Crippen molar-refractivity contribution in [3.05, 3.63) is 30.1 Å². The van der Waals surface area contributed by atoms with E-state index in [0.717, 1.165) is 19.6 Å². The molecular formula is C13H21N3. The number of nitrogens with zero attached hydrogens (tertiary/aromatic N) is 2. The Morgan fingerprint density at radius 1 is 1.44 bits per heavy atom. The van der Waals surface area contributed by atoms with Crippen molar-refractivity contribution in [1.82, 2.24) is 15.2 Å². The molecule has 3 heteroatoms. The van der Waals surface area contributed by atoms with Crippen LogP contribution in [0.5, 0.6) is 0 Å². The molecule has 1 saturated heterocycles. The van der Waals surface area contributed by atoms with Gasteiger partial charge >= 0.3 is 0 Å². The maximum Gasteiger partial charge on any atom is 0.0544 e. The normalized spacial score (nSPS) is 27.6. The molecule has 3 nitrogen and oxygen atoms in total. The zero-order valence-electron chi connectivity index (χ0n) is 10.2. The van der Waals surface area contributed by atoms with E-state index in [1.165, 1.54) is 12.1 Å². The van der Waals surface area contributed by atoms with Crippen molar-refractivity contribution >= 4 is 0 Å². The Bertz CT molecular complexity index is 312. The molecule has 16 heavy (non-hydrogen) atoms. The highest BCUT2D eigenvalue weighted by Crippen LogP contribution is 2.12. The SMILES string of the molecule is CC1CN(Cc2ccccn2)C(C)CCN1. The van der Waals surface area contributed by atoms with Crippen molar-refractivity contribution in [1.29, 1.82) is 0 Å². The molecule has 1 aromatic heterocycles. The Morgan fingerprint density at radius 3 is 3.06 bits per heavy atom. The summed E-state index contributed by atoms with van der Waals surface area (Å²) in [4.78, 5) is 6.92. The van der Waals surface area contributed by atoms with Crippen molar-refractivity contribution in [3.8, 4) is 0 Å². The van der Waals surface area contributed by atoms with Crippen molar-refractivity contribution in [2.75, 3.05) is 13.1 Å². The van der Waals surface area contributed by atoms with Crippen LogP contribution in [0.15, 0.2) is 24.4 Å². The van der Waals surface area contributed by atoms with Crippen molar-refractivity contribution in [2.24, 2.45) is 0 Å². The predicted molar refractivity (Wildman–Crippen MR) is 66.2 cm³/mol. The van der Waals surface area contributed by atoms with Gasteiger partial charge in [-0.05, 0) is 38.9 Å². The fraction of sp³-hybridized carbons (Fsp3) is 0.615. The lowest BCUT2D eigenvalue weighted by atomic mass is 10.2. The number of pyridine rings is 1. The second-order valence-electron chi connectivity index (χ2n) is 4.74.